The molecular weight excluding hydrogens is 597 g/mol. The van der Waals surface area contributed by atoms with Crippen molar-refractivity contribution in [2.75, 3.05) is 0 Å². The summed E-state index contributed by atoms with van der Waals surface area (Å²) in [4.78, 5) is 5.47. The van der Waals surface area contributed by atoms with Crippen LogP contribution in [0.1, 0.15) is 49.9 Å². The number of nitrogens with zero attached hydrogens (tertiary/aromatic N) is 4. The van der Waals surface area contributed by atoms with Crippen LogP contribution >= 0.6 is 0 Å². The van der Waals surface area contributed by atoms with Crippen LogP contribution in [0, 0.1) is 0 Å². The number of para-hydroxylation sites is 2. The minimum absolute atomic E-state index is 0.113. The third-order valence-electron chi connectivity index (χ3n) is 11.7. The lowest BCUT2D eigenvalue weighted by Gasteiger charge is -2.23. The molecule has 0 N–H and O–H groups in total. The summed E-state index contributed by atoms with van der Waals surface area (Å²) >= 11 is 0. The molecule has 0 atom stereocenters. The maximum Gasteiger partial charge on any atom is 0.255 e. The fourth-order valence-electron chi connectivity index (χ4n) is 9.25. The van der Waals surface area contributed by atoms with Gasteiger partial charge in [0.2, 0.25) is 0 Å². The van der Waals surface area contributed by atoms with Gasteiger partial charge < -0.3 is 0 Å². The second kappa shape index (κ2) is 8.97. The summed E-state index contributed by atoms with van der Waals surface area (Å²) in [6.45, 7) is 9.41. The molecule has 4 heteroatoms. The monoisotopic (exact) mass is 628 g/mol. The highest BCUT2D eigenvalue weighted by atomic mass is 15.3. The van der Waals surface area contributed by atoms with E-state index in [0.717, 1.165) is 32.8 Å². The van der Waals surface area contributed by atoms with Crippen LogP contribution in [0.15, 0.2) is 121 Å². The van der Waals surface area contributed by atoms with Gasteiger partial charge in [0.15, 0.2) is 0 Å². The zero-order chi connectivity index (χ0) is 32.8. The lowest BCUT2D eigenvalue weighted by Crippen LogP contribution is -2.15. The van der Waals surface area contributed by atoms with Gasteiger partial charge in [0.05, 0.1) is 11.0 Å². The van der Waals surface area contributed by atoms with Crippen molar-refractivity contribution in [1.82, 2.24) is 19.7 Å². The molecule has 9 aromatic rings. The largest absolute Gasteiger partial charge is 0.277 e. The van der Waals surface area contributed by atoms with Crippen molar-refractivity contribution in [2.45, 2.75) is 38.5 Å². The Morgan fingerprint density at radius 2 is 0.878 bits per heavy atom. The highest BCUT2D eigenvalue weighted by Gasteiger charge is 2.38. The zero-order valence-corrected chi connectivity index (χ0v) is 27.8. The Balaban J connectivity index is 1.31. The molecule has 11 rings (SSSR count). The molecule has 2 aliphatic rings. The fourth-order valence-corrected chi connectivity index (χ4v) is 9.25. The molecule has 7 aromatic carbocycles. The molecule has 0 aliphatic heterocycles. The minimum Gasteiger partial charge on any atom is -0.277 e. The van der Waals surface area contributed by atoms with Gasteiger partial charge in [-0.2, -0.15) is 0 Å². The first-order valence-corrected chi connectivity index (χ1v) is 17.1. The fraction of sp³-hybridized carbons (Fsp3) is 0.133. The molecule has 2 aromatic heterocycles. The summed E-state index contributed by atoms with van der Waals surface area (Å²) in [7, 11) is 0. The molecule has 0 bridgehead atoms. The van der Waals surface area contributed by atoms with Gasteiger partial charge in [0.25, 0.3) is 5.95 Å². The summed E-state index contributed by atoms with van der Waals surface area (Å²) in [5.74, 6) is 0.583. The first kappa shape index (κ1) is 27.1. The number of rotatable bonds is 1. The van der Waals surface area contributed by atoms with Crippen molar-refractivity contribution in [1.29, 1.82) is 0 Å². The van der Waals surface area contributed by atoms with Crippen molar-refractivity contribution in [3.63, 3.8) is 0 Å². The van der Waals surface area contributed by atoms with E-state index < -0.39 is 0 Å². The normalized spacial score (nSPS) is 15.3. The van der Waals surface area contributed by atoms with E-state index in [9.17, 15) is 0 Å². The highest BCUT2D eigenvalue weighted by molar-refractivity contribution is 6.25. The Bertz CT molecular complexity index is 2890. The van der Waals surface area contributed by atoms with E-state index in [2.05, 4.69) is 154 Å². The van der Waals surface area contributed by atoms with E-state index in [4.69, 9.17) is 15.2 Å². The van der Waals surface area contributed by atoms with Crippen LogP contribution in [0.4, 0.5) is 0 Å². The number of fused-ring (bicyclic) bond motifs is 15. The minimum atomic E-state index is -0.119. The molecule has 0 unspecified atom stereocenters. The summed E-state index contributed by atoms with van der Waals surface area (Å²) < 4.78 is 2.17. The summed E-state index contributed by atoms with van der Waals surface area (Å²) in [5.41, 5.74) is 14.2. The average molecular weight is 629 g/mol. The Labute approximate surface area is 283 Å². The third-order valence-corrected chi connectivity index (χ3v) is 11.7. The Morgan fingerprint density at radius 3 is 1.43 bits per heavy atom. The van der Waals surface area contributed by atoms with E-state index in [1.165, 1.54) is 66.1 Å². The predicted molar refractivity (Wildman–Crippen MR) is 202 cm³/mol. The van der Waals surface area contributed by atoms with Gasteiger partial charge in [-0.25, -0.2) is 4.98 Å². The molecule has 49 heavy (non-hydrogen) atoms. The smallest absolute Gasteiger partial charge is 0.255 e. The summed E-state index contributed by atoms with van der Waals surface area (Å²) in [6, 6.07) is 44.4. The average Bonchev–Trinajstić information content (AvgIpc) is 3.67. The first-order valence-electron chi connectivity index (χ1n) is 17.1. The second-order valence-electron chi connectivity index (χ2n) is 14.9. The van der Waals surface area contributed by atoms with Crippen molar-refractivity contribution in [2.24, 2.45) is 0 Å². The molecule has 0 saturated carbocycles. The predicted octanol–water partition coefficient (Wildman–Crippen LogP) is 11.0. The van der Waals surface area contributed by atoms with Crippen LogP contribution in [0.25, 0.3) is 82.6 Å². The van der Waals surface area contributed by atoms with Gasteiger partial charge in [0, 0.05) is 32.4 Å². The Hall–Kier alpha value is -5.87. The molecule has 0 spiro atoms. The molecule has 2 aliphatic carbocycles. The molecular formula is C45H32N4. The van der Waals surface area contributed by atoms with Crippen LogP contribution in [0.5, 0.6) is 0 Å². The summed E-state index contributed by atoms with van der Waals surface area (Å²) in [5, 5.41) is 17.0. The first-order chi connectivity index (χ1) is 23.8. The lowest BCUT2D eigenvalue weighted by atomic mass is 9.80. The van der Waals surface area contributed by atoms with E-state index >= 15 is 0 Å². The Kier molecular flexibility index (Phi) is 4.97. The van der Waals surface area contributed by atoms with Crippen LogP contribution in [-0.2, 0) is 10.8 Å². The summed E-state index contributed by atoms with van der Waals surface area (Å²) in [6.07, 6.45) is 0. The van der Waals surface area contributed by atoms with Crippen molar-refractivity contribution in [3.8, 4) is 28.2 Å². The maximum absolute atomic E-state index is 5.47. The molecule has 0 radical (unpaired) electrons. The number of benzene rings is 7. The molecule has 232 valence electrons. The molecule has 4 nitrogen and oxygen atoms in total. The van der Waals surface area contributed by atoms with Crippen LogP contribution < -0.4 is 0 Å². The number of hydrogen-bond donors (Lipinski definition) is 0. The number of aromatic nitrogens is 4. The van der Waals surface area contributed by atoms with E-state index in [-0.39, 0.29) is 10.8 Å². The second-order valence-corrected chi connectivity index (χ2v) is 14.9. The van der Waals surface area contributed by atoms with E-state index in [1.54, 1.807) is 0 Å². The van der Waals surface area contributed by atoms with Gasteiger partial charge in [0.1, 0.15) is 11.0 Å². The number of hydrogen-bond acceptors (Lipinski definition) is 3. The highest BCUT2D eigenvalue weighted by Crippen LogP contribution is 2.54. The maximum atomic E-state index is 5.47. The van der Waals surface area contributed by atoms with Gasteiger partial charge in [-0.1, -0.05) is 113 Å². The SMILES string of the molecule is CC1(C)c2ccccc2-c2cc3c(cc21)c1cc2c(cc1c1nc(-n4c5ccccc5c5ccccc54)nnc31)-c1ccccc1C2(C)C. The van der Waals surface area contributed by atoms with E-state index in [0.29, 0.717) is 5.95 Å². The van der Waals surface area contributed by atoms with Crippen molar-refractivity contribution < 1.29 is 0 Å². The molecule has 2 heterocycles. The van der Waals surface area contributed by atoms with Crippen molar-refractivity contribution >= 4 is 54.4 Å². The van der Waals surface area contributed by atoms with Crippen LogP contribution in [-0.4, -0.2) is 19.7 Å². The van der Waals surface area contributed by atoms with Gasteiger partial charge in [-0.05, 0) is 91.7 Å². The quantitative estimate of drug-likeness (QED) is 0.170. The van der Waals surface area contributed by atoms with Gasteiger partial charge >= 0.3 is 0 Å². The van der Waals surface area contributed by atoms with Crippen LogP contribution in [0.3, 0.4) is 0 Å². The topological polar surface area (TPSA) is 43.6 Å². The molecule has 0 fully saturated rings. The third kappa shape index (κ3) is 3.31. The van der Waals surface area contributed by atoms with Gasteiger partial charge in [-0.15, -0.1) is 10.2 Å². The van der Waals surface area contributed by atoms with Gasteiger partial charge in [-0.3, -0.25) is 4.57 Å². The lowest BCUT2D eigenvalue weighted by molar-refractivity contribution is 0.660. The molecule has 0 amide bonds. The zero-order valence-electron chi connectivity index (χ0n) is 27.8. The van der Waals surface area contributed by atoms with E-state index in [1.807, 2.05) is 0 Å². The van der Waals surface area contributed by atoms with Crippen LogP contribution in [0.2, 0.25) is 0 Å². The molecule has 0 saturated heterocycles. The Morgan fingerprint density at radius 1 is 0.408 bits per heavy atom. The van der Waals surface area contributed by atoms with Crippen molar-refractivity contribution in [3.05, 3.63) is 144 Å². The standard InChI is InChI=1S/C45H32N4/c1-44(2)35-17-9-5-13-25(35)31-21-33-29(23-37(31)44)30-24-38-32(26-14-6-10-18-36(26)45(38,3)4)22-34(30)42-41(33)46-43(48-47-42)49-39-19-11-7-15-27(39)28-16-8-12-20-40(28)49/h5-24H,1-4H3.